The number of hydrogen-bond donors (Lipinski definition) is 1. The van der Waals surface area contributed by atoms with Gasteiger partial charge in [0.2, 0.25) is 5.91 Å². The molecule has 7 heteroatoms. The van der Waals surface area contributed by atoms with E-state index >= 15 is 0 Å². The number of carbonyl (C=O) groups excluding carboxylic acids is 1. The SMILES string of the molecule is COc1ccc(CN2C[C@@H](CO)[C@H](C(=O)N(C)C)C2)c(Cl)c1OC. The lowest BCUT2D eigenvalue weighted by atomic mass is 9.96. The van der Waals surface area contributed by atoms with E-state index in [1.807, 2.05) is 12.1 Å². The second-order valence-corrected chi connectivity index (χ2v) is 6.63. The molecular formula is C17H25ClN2O4. The minimum absolute atomic E-state index is 0.000409. The van der Waals surface area contributed by atoms with Crippen LogP contribution >= 0.6 is 11.6 Å². The van der Waals surface area contributed by atoms with Crippen molar-refractivity contribution in [3.63, 3.8) is 0 Å². The van der Waals surface area contributed by atoms with Crippen LogP contribution in [0.2, 0.25) is 5.02 Å². The van der Waals surface area contributed by atoms with Crippen LogP contribution in [0.5, 0.6) is 11.5 Å². The van der Waals surface area contributed by atoms with Crippen LogP contribution in [-0.4, -0.2) is 68.8 Å². The Labute approximate surface area is 147 Å². The number of hydrogen-bond acceptors (Lipinski definition) is 5. The zero-order valence-electron chi connectivity index (χ0n) is 14.6. The number of carbonyl (C=O) groups is 1. The maximum Gasteiger partial charge on any atom is 0.226 e. The molecule has 134 valence electrons. The number of amides is 1. The summed E-state index contributed by atoms with van der Waals surface area (Å²) in [6.45, 7) is 1.85. The second-order valence-electron chi connectivity index (χ2n) is 6.25. The summed E-state index contributed by atoms with van der Waals surface area (Å²) in [6.07, 6.45) is 0. The standard InChI is InChI=1S/C17H25ClN2O4/c1-19(2)17(22)13-9-20(8-12(13)10-21)7-11-5-6-14(23-3)16(24-4)15(11)18/h5-6,12-13,21H,7-10H2,1-4H3/t12-,13+/m0/s1. The molecule has 1 N–H and O–H groups in total. The quantitative estimate of drug-likeness (QED) is 0.836. The summed E-state index contributed by atoms with van der Waals surface area (Å²) in [4.78, 5) is 16.0. The van der Waals surface area contributed by atoms with Gasteiger partial charge in [0.15, 0.2) is 11.5 Å². The molecule has 0 radical (unpaired) electrons. The van der Waals surface area contributed by atoms with Gasteiger partial charge in [0.1, 0.15) is 0 Å². The van der Waals surface area contributed by atoms with Crippen molar-refractivity contribution >= 4 is 17.5 Å². The summed E-state index contributed by atoms with van der Waals surface area (Å²) in [5, 5.41) is 10.1. The smallest absolute Gasteiger partial charge is 0.226 e. The molecule has 1 aliphatic heterocycles. The molecule has 1 amide bonds. The minimum atomic E-state index is -0.191. The largest absolute Gasteiger partial charge is 0.493 e. The molecule has 6 nitrogen and oxygen atoms in total. The third kappa shape index (κ3) is 3.77. The maximum atomic E-state index is 12.3. The highest BCUT2D eigenvalue weighted by atomic mass is 35.5. The van der Waals surface area contributed by atoms with Crippen LogP contribution in [0.25, 0.3) is 0 Å². The first-order chi connectivity index (χ1) is 11.4. The van der Waals surface area contributed by atoms with E-state index in [0.29, 0.717) is 36.2 Å². The monoisotopic (exact) mass is 356 g/mol. The number of ether oxygens (including phenoxy) is 2. The summed E-state index contributed by atoms with van der Waals surface area (Å²) in [5.74, 6) is 0.898. The van der Waals surface area contributed by atoms with Crippen LogP contribution < -0.4 is 9.47 Å². The average molecular weight is 357 g/mol. The lowest BCUT2D eigenvalue weighted by molar-refractivity contribution is -0.134. The first-order valence-electron chi connectivity index (χ1n) is 7.86. The van der Waals surface area contributed by atoms with Crippen molar-refractivity contribution in [1.29, 1.82) is 0 Å². The fraction of sp³-hybridized carbons (Fsp3) is 0.588. The van der Waals surface area contributed by atoms with Gasteiger partial charge in [0.05, 0.1) is 25.2 Å². The van der Waals surface area contributed by atoms with Gasteiger partial charge in [-0.3, -0.25) is 9.69 Å². The van der Waals surface area contributed by atoms with Crippen molar-refractivity contribution in [3.05, 3.63) is 22.7 Å². The Kier molecular flexibility index (Phi) is 6.32. The highest BCUT2D eigenvalue weighted by Gasteiger charge is 2.38. The van der Waals surface area contributed by atoms with Gasteiger partial charge in [-0.05, 0) is 11.6 Å². The van der Waals surface area contributed by atoms with E-state index in [9.17, 15) is 9.90 Å². The molecular weight excluding hydrogens is 332 g/mol. The number of rotatable bonds is 6. The molecule has 0 unspecified atom stereocenters. The Bertz CT molecular complexity index is 594. The molecule has 1 fully saturated rings. The molecule has 0 aromatic heterocycles. The van der Waals surface area contributed by atoms with Gasteiger partial charge in [0, 0.05) is 46.3 Å². The van der Waals surface area contributed by atoms with Crippen LogP contribution in [0.1, 0.15) is 5.56 Å². The van der Waals surface area contributed by atoms with Crippen molar-refractivity contribution < 1.29 is 19.4 Å². The molecule has 1 heterocycles. The molecule has 2 atom stereocenters. The van der Waals surface area contributed by atoms with Crippen LogP contribution in [0.3, 0.4) is 0 Å². The molecule has 1 aromatic rings. The fourth-order valence-electron chi connectivity index (χ4n) is 3.18. The Balaban J connectivity index is 2.16. The van der Waals surface area contributed by atoms with Crippen molar-refractivity contribution in [3.8, 4) is 11.5 Å². The molecule has 0 saturated carbocycles. The van der Waals surface area contributed by atoms with Gasteiger partial charge < -0.3 is 19.5 Å². The number of aliphatic hydroxyl groups excluding tert-OH is 1. The zero-order valence-corrected chi connectivity index (χ0v) is 15.3. The van der Waals surface area contributed by atoms with Crippen molar-refractivity contribution in [2.45, 2.75) is 6.54 Å². The van der Waals surface area contributed by atoms with E-state index in [-0.39, 0.29) is 24.3 Å². The van der Waals surface area contributed by atoms with E-state index in [4.69, 9.17) is 21.1 Å². The summed E-state index contributed by atoms with van der Waals surface area (Å²) in [6, 6.07) is 3.72. The van der Waals surface area contributed by atoms with E-state index in [1.165, 1.54) is 0 Å². The normalized spacial score (nSPS) is 20.9. The van der Waals surface area contributed by atoms with Crippen LogP contribution in [0, 0.1) is 11.8 Å². The van der Waals surface area contributed by atoms with Crippen LogP contribution in [0.4, 0.5) is 0 Å². The first-order valence-corrected chi connectivity index (χ1v) is 8.24. The fourth-order valence-corrected chi connectivity index (χ4v) is 3.47. The van der Waals surface area contributed by atoms with E-state index in [2.05, 4.69) is 4.90 Å². The third-order valence-electron chi connectivity index (χ3n) is 4.47. The summed E-state index contributed by atoms with van der Waals surface area (Å²) in [5.41, 5.74) is 0.906. The molecule has 0 spiro atoms. The number of benzene rings is 1. The number of aliphatic hydroxyl groups is 1. The highest BCUT2D eigenvalue weighted by Crippen LogP contribution is 2.38. The topological polar surface area (TPSA) is 62.2 Å². The van der Waals surface area contributed by atoms with Gasteiger partial charge in [-0.1, -0.05) is 17.7 Å². The first kappa shape index (κ1) is 18.8. The Morgan fingerprint density at radius 3 is 2.58 bits per heavy atom. The minimum Gasteiger partial charge on any atom is -0.493 e. The highest BCUT2D eigenvalue weighted by molar-refractivity contribution is 6.33. The average Bonchev–Trinajstić information content (AvgIpc) is 2.98. The maximum absolute atomic E-state index is 12.3. The van der Waals surface area contributed by atoms with Crippen LogP contribution in [-0.2, 0) is 11.3 Å². The molecule has 1 aliphatic rings. The van der Waals surface area contributed by atoms with Crippen molar-refractivity contribution in [2.75, 3.05) is 48.0 Å². The lowest BCUT2D eigenvalue weighted by Gasteiger charge is -2.20. The number of methoxy groups -OCH3 is 2. The van der Waals surface area contributed by atoms with Crippen molar-refractivity contribution in [2.24, 2.45) is 11.8 Å². The number of halogens is 1. The Morgan fingerprint density at radius 1 is 1.33 bits per heavy atom. The predicted octanol–water partition coefficient (Wildman–Crippen LogP) is 1.49. The van der Waals surface area contributed by atoms with E-state index in [0.717, 1.165) is 5.56 Å². The van der Waals surface area contributed by atoms with Crippen LogP contribution in [0.15, 0.2) is 12.1 Å². The summed E-state index contributed by atoms with van der Waals surface area (Å²) in [7, 11) is 6.60. The summed E-state index contributed by atoms with van der Waals surface area (Å²) < 4.78 is 10.6. The second kappa shape index (κ2) is 8.05. The Morgan fingerprint density at radius 2 is 2.04 bits per heavy atom. The van der Waals surface area contributed by atoms with E-state index < -0.39 is 0 Å². The molecule has 0 bridgehead atoms. The zero-order chi connectivity index (χ0) is 17.9. The third-order valence-corrected chi connectivity index (χ3v) is 4.88. The molecule has 1 saturated heterocycles. The number of nitrogens with zero attached hydrogens (tertiary/aromatic N) is 2. The number of likely N-dealkylation sites (tertiary alicyclic amines) is 1. The Hall–Kier alpha value is -1.50. The van der Waals surface area contributed by atoms with Gasteiger partial charge in [-0.2, -0.15) is 0 Å². The molecule has 2 rings (SSSR count). The van der Waals surface area contributed by atoms with Gasteiger partial charge in [0.25, 0.3) is 0 Å². The van der Waals surface area contributed by atoms with Gasteiger partial charge >= 0.3 is 0 Å². The molecule has 0 aliphatic carbocycles. The van der Waals surface area contributed by atoms with Gasteiger partial charge in [-0.15, -0.1) is 0 Å². The van der Waals surface area contributed by atoms with Gasteiger partial charge in [-0.25, -0.2) is 0 Å². The predicted molar refractivity (Wildman–Crippen MR) is 92.6 cm³/mol. The van der Waals surface area contributed by atoms with E-state index in [1.54, 1.807) is 33.2 Å². The lowest BCUT2D eigenvalue weighted by Crippen LogP contribution is -2.35. The molecule has 24 heavy (non-hydrogen) atoms. The summed E-state index contributed by atoms with van der Waals surface area (Å²) >= 11 is 6.43. The van der Waals surface area contributed by atoms with Crippen molar-refractivity contribution in [1.82, 2.24) is 9.80 Å². The molecule has 1 aromatic carbocycles.